The number of hydrogen-bond donors (Lipinski definition) is 1. The first kappa shape index (κ1) is 22.0. The molecule has 8 nitrogen and oxygen atoms in total. The van der Waals surface area contributed by atoms with Crippen LogP contribution in [0.5, 0.6) is 11.5 Å². The molecule has 0 unspecified atom stereocenters. The van der Waals surface area contributed by atoms with Gasteiger partial charge in [-0.3, -0.25) is 4.84 Å². The van der Waals surface area contributed by atoms with E-state index in [0.717, 1.165) is 29.7 Å². The van der Waals surface area contributed by atoms with Crippen LogP contribution in [-0.2, 0) is 17.7 Å². The minimum atomic E-state index is -0.977. The third-order valence-corrected chi connectivity index (χ3v) is 5.50. The molecule has 0 radical (unpaired) electrons. The Bertz CT molecular complexity index is 1140. The van der Waals surface area contributed by atoms with Gasteiger partial charge in [-0.2, -0.15) is 0 Å². The molecule has 1 aromatic heterocycles. The molecular formula is C23H24ClN3O5. The molecule has 0 aliphatic heterocycles. The Labute approximate surface area is 190 Å². The van der Waals surface area contributed by atoms with Crippen molar-refractivity contribution in [3.05, 3.63) is 52.4 Å². The van der Waals surface area contributed by atoms with Crippen molar-refractivity contribution >= 4 is 35.0 Å². The maximum Gasteiger partial charge on any atom is 0.430 e. The zero-order chi connectivity index (χ0) is 22.5. The number of benzene rings is 2. The number of aromatic nitrogens is 1. The van der Waals surface area contributed by atoms with Gasteiger partial charge in [-0.1, -0.05) is 22.8 Å². The molecule has 0 atom stereocenters. The number of primary amides is 1. The molecule has 168 valence electrons. The maximum absolute atomic E-state index is 10.6. The first-order chi connectivity index (χ1) is 15.5. The van der Waals surface area contributed by atoms with Gasteiger partial charge in [0, 0.05) is 29.6 Å². The highest BCUT2D eigenvalue weighted by atomic mass is 35.5. The van der Waals surface area contributed by atoms with Gasteiger partial charge in [0.1, 0.15) is 5.52 Å². The van der Waals surface area contributed by atoms with E-state index in [9.17, 15) is 4.79 Å². The van der Waals surface area contributed by atoms with Gasteiger partial charge >= 0.3 is 6.09 Å². The summed E-state index contributed by atoms with van der Waals surface area (Å²) in [7, 11) is 1.64. The van der Waals surface area contributed by atoms with Crippen LogP contribution in [0.1, 0.15) is 42.7 Å². The molecule has 2 N–H and O–H groups in total. The number of nitrogens with zero attached hydrogens (tertiary/aromatic N) is 2. The molecule has 1 aliphatic rings. The number of hydrogen-bond acceptors (Lipinski definition) is 7. The van der Waals surface area contributed by atoms with Gasteiger partial charge in [0.2, 0.25) is 0 Å². The molecule has 0 spiro atoms. The minimum absolute atomic E-state index is 0.230. The molecule has 1 saturated carbocycles. The third kappa shape index (κ3) is 5.31. The van der Waals surface area contributed by atoms with E-state index in [2.05, 4.69) is 15.0 Å². The van der Waals surface area contributed by atoms with Crippen molar-refractivity contribution in [1.82, 2.24) is 4.98 Å². The molecule has 0 bridgehead atoms. The highest BCUT2D eigenvalue weighted by Gasteiger charge is 2.19. The van der Waals surface area contributed by atoms with E-state index in [4.69, 9.17) is 31.2 Å². The highest BCUT2D eigenvalue weighted by Crippen LogP contribution is 2.33. The molecule has 0 saturated heterocycles. The molecule has 1 heterocycles. The molecule has 4 rings (SSSR count). The zero-order valence-electron chi connectivity index (χ0n) is 17.7. The van der Waals surface area contributed by atoms with Crippen molar-refractivity contribution in [2.75, 3.05) is 7.11 Å². The Morgan fingerprint density at radius 3 is 2.84 bits per heavy atom. The van der Waals surface area contributed by atoms with E-state index in [1.165, 1.54) is 19.1 Å². The van der Waals surface area contributed by atoms with Crippen molar-refractivity contribution < 1.29 is 23.5 Å². The Morgan fingerprint density at radius 2 is 2.09 bits per heavy atom. The number of oxazole rings is 1. The lowest BCUT2D eigenvalue weighted by Gasteiger charge is -2.16. The summed E-state index contributed by atoms with van der Waals surface area (Å²) >= 11 is 6.23. The largest absolute Gasteiger partial charge is 0.493 e. The second-order valence-corrected chi connectivity index (χ2v) is 8.05. The van der Waals surface area contributed by atoms with Crippen LogP contribution in [0.15, 0.2) is 39.9 Å². The van der Waals surface area contributed by atoms with Gasteiger partial charge in [0.25, 0.3) is 0 Å². The fraction of sp³-hybridized carbons (Fsp3) is 0.348. The Kier molecular flexibility index (Phi) is 6.80. The standard InChI is InChI=1S/C23H24ClN3O5/c1-29-19-7-6-14(10-20(19)30-17-4-2-3-5-17)11-21-27-18-13-16(24)12-15(22(18)31-21)8-9-26-32-23(25)28/h6-7,9-10,12-13,17H,2-5,8,11H2,1H3,(H2,25,28)/b26-9+. The summed E-state index contributed by atoms with van der Waals surface area (Å²) in [5.74, 6) is 2.00. The first-order valence-corrected chi connectivity index (χ1v) is 10.8. The van der Waals surface area contributed by atoms with E-state index < -0.39 is 6.09 Å². The van der Waals surface area contributed by atoms with Crippen LogP contribution in [-0.4, -0.2) is 30.5 Å². The van der Waals surface area contributed by atoms with Crippen LogP contribution >= 0.6 is 11.6 Å². The van der Waals surface area contributed by atoms with E-state index in [1.807, 2.05) is 18.2 Å². The second kappa shape index (κ2) is 9.91. The van der Waals surface area contributed by atoms with E-state index in [0.29, 0.717) is 40.6 Å². The van der Waals surface area contributed by atoms with Crippen LogP contribution < -0.4 is 15.2 Å². The fourth-order valence-electron chi connectivity index (χ4n) is 3.85. The normalized spacial score (nSPS) is 14.3. The third-order valence-electron chi connectivity index (χ3n) is 5.28. The minimum Gasteiger partial charge on any atom is -0.493 e. The van der Waals surface area contributed by atoms with Crippen molar-refractivity contribution in [2.24, 2.45) is 10.9 Å². The number of rotatable bonds is 8. The second-order valence-electron chi connectivity index (χ2n) is 7.61. The van der Waals surface area contributed by atoms with Gasteiger partial charge in [-0.15, -0.1) is 0 Å². The van der Waals surface area contributed by atoms with Crippen LogP contribution in [0.4, 0.5) is 4.79 Å². The van der Waals surface area contributed by atoms with Gasteiger partial charge in [-0.05, 0) is 55.5 Å². The quantitative estimate of drug-likeness (QED) is 0.289. The lowest BCUT2D eigenvalue weighted by Crippen LogP contribution is -2.11. The molecule has 2 aromatic carbocycles. The monoisotopic (exact) mass is 457 g/mol. The summed E-state index contributed by atoms with van der Waals surface area (Å²) in [5.41, 5.74) is 7.90. The highest BCUT2D eigenvalue weighted by molar-refractivity contribution is 6.31. The number of carbonyl (C=O) groups excluding carboxylic acids is 1. The molecular weight excluding hydrogens is 434 g/mol. The summed E-state index contributed by atoms with van der Waals surface area (Å²) in [6.07, 6.45) is 6.00. The van der Waals surface area contributed by atoms with Gasteiger partial charge in [0.05, 0.1) is 13.2 Å². The van der Waals surface area contributed by atoms with Crippen molar-refractivity contribution in [2.45, 2.75) is 44.6 Å². The number of ether oxygens (including phenoxy) is 2. The molecule has 32 heavy (non-hydrogen) atoms. The average molecular weight is 458 g/mol. The summed E-state index contributed by atoms with van der Waals surface area (Å²) in [6.45, 7) is 0. The molecule has 1 amide bonds. The van der Waals surface area contributed by atoms with Gasteiger partial charge in [-0.25, -0.2) is 9.78 Å². The van der Waals surface area contributed by atoms with E-state index in [1.54, 1.807) is 19.2 Å². The topological polar surface area (TPSA) is 109 Å². The molecule has 1 aliphatic carbocycles. The number of nitrogens with two attached hydrogens (primary N) is 1. The summed E-state index contributed by atoms with van der Waals surface area (Å²) in [6, 6.07) is 9.35. The summed E-state index contributed by atoms with van der Waals surface area (Å²) in [4.78, 5) is 19.6. The Morgan fingerprint density at radius 1 is 1.28 bits per heavy atom. The van der Waals surface area contributed by atoms with Crippen LogP contribution in [0.25, 0.3) is 11.1 Å². The predicted octanol–water partition coefficient (Wildman–Crippen LogP) is 5.03. The smallest absolute Gasteiger partial charge is 0.430 e. The van der Waals surface area contributed by atoms with Crippen molar-refractivity contribution in [3.8, 4) is 11.5 Å². The average Bonchev–Trinajstić information content (AvgIpc) is 3.40. The number of oxime groups is 1. The SMILES string of the molecule is COc1ccc(Cc2nc3cc(Cl)cc(C/C=N/OC(N)=O)c3o2)cc1OC1CCCC1. The predicted molar refractivity (Wildman–Crippen MR) is 121 cm³/mol. The van der Waals surface area contributed by atoms with Gasteiger partial charge < -0.3 is 19.6 Å². The van der Waals surface area contributed by atoms with E-state index >= 15 is 0 Å². The van der Waals surface area contributed by atoms with Crippen molar-refractivity contribution in [1.29, 1.82) is 0 Å². The molecule has 1 fully saturated rings. The summed E-state index contributed by atoms with van der Waals surface area (Å²) in [5, 5.41) is 4.04. The van der Waals surface area contributed by atoms with Crippen LogP contribution in [0, 0.1) is 0 Å². The molecule has 9 heteroatoms. The van der Waals surface area contributed by atoms with Crippen molar-refractivity contribution in [3.63, 3.8) is 0 Å². The number of carbonyl (C=O) groups is 1. The number of amides is 1. The zero-order valence-corrected chi connectivity index (χ0v) is 18.4. The van der Waals surface area contributed by atoms with Crippen LogP contribution in [0.2, 0.25) is 5.02 Å². The lowest BCUT2D eigenvalue weighted by molar-refractivity contribution is 0.162. The first-order valence-electron chi connectivity index (χ1n) is 10.4. The van der Waals surface area contributed by atoms with Gasteiger partial charge in [0.15, 0.2) is 23.0 Å². The Hall–Kier alpha value is -3.26. The Balaban J connectivity index is 1.55. The molecule has 3 aromatic rings. The van der Waals surface area contributed by atoms with Crippen LogP contribution in [0.3, 0.4) is 0 Å². The lowest BCUT2D eigenvalue weighted by atomic mass is 10.1. The number of fused-ring (bicyclic) bond motifs is 1. The number of halogens is 1. The number of methoxy groups -OCH3 is 1. The maximum atomic E-state index is 10.6. The fourth-order valence-corrected chi connectivity index (χ4v) is 4.08. The van der Waals surface area contributed by atoms with E-state index in [-0.39, 0.29) is 6.10 Å². The summed E-state index contributed by atoms with van der Waals surface area (Å²) < 4.78 is 17.7.